The summed E-state index contributed by atoms with van der Waals surface area (Å²) in [7, 11) is 5.52. The maximum Gasteiger partial charge on any atom is 0.124 e. The van der Waals surface area contributed by atoms with Crippen LogP contribution < -0.4 is 14.4 Å². The fourth-order valence-electron chi connectivity index (χ4n) is 2.04. The molecule has 0 aromatic heterocycles. The second kappa shape index (κ2) is 8.69. The number of ether oxygens (including phenoxy) is 2. The van der Waals surface area contributed by atoms with Crippen LogP contribution in [0.15, 0.2) is 18.2 Å². The lowest BCUT2D eigenvalue weighted by atomic mass is 10.2. The normalized spacial score (nSPS) is 15.3. The van der Waals surface area contributed by atoms with Gasteiger partial charge in [0, 0.05) is 50.1 Å². The molecule has 114 valence electrons. The molecule has 0 saturated carbocycles. The predicted molar refractivity (Wildman–Crippen MR) is 85.2 cm³/mol. The van der Waals surface area contributed by atoms with Crippen molar-refractivity contribution >= 4 is 5.69 Å². The van der Waals surface area contributed by atoms with Crippen molar-refractivity contribution < 1.29 is 9.47 Å². The average molecular weight is 280 g/mol. The monoisotopic (exact) mass is 280 g/mol. The minimum absolute atomic E-state index is 0.846. The summed E-state index contributed by atoms with van der Waals surface area (Å²) in [4.78, 5) is 4.71. The molecule has 1 aromatic rings. The van der Waals surface area contributed by atoms with E-state index in [1.807, 2.05) is 6.07 Å². The molecule has 0 unspecified atom stereocenters. The van der Waals surface area contributed by atoms with Crippen molar-refractivity contribution in [3.8, 4) is 11.5 Å². The lowest BCUT2D eigenvalue weighted by molar-refractivity contribution is 0.312. The second-order valence-corrected chi connectivity index (χ2v) is 5.07. The molecule has 1 aromatic carbocycles. The summed E-state index contributed by atoms with van der Waals surface area (Å²) < 4.78 is 10.6. The molecule has 0 radical (unpaired) electrons. The van der Waals surface area contributed by atoms with Gasteiger partial charge in [0.2, 0.25) is 0 Å². The first-order valence-electron chi connectivity index (χ1n) is 7.31. The van der Waals surface area contributed by atoms with E-state index >= 15 is 0 Å². The van der Waals surface area contributed by atoms with Gasteiger partial charge in [-0.2, -0.15) is 0 Å². The Morgan fingerprint density at radius 3 is 1.75 bits per heavy atom. The van der Waals surface area contributed by atoms with Gasteiger partial charge in [-0.3, -0.25) is 0 Å². The summed E-state index contributed by atoms with van der Waals surface area (Å²) in [5.41, 5.74) is 1.18. The molecule has 4 nitrogen and oxygen atoms in total. The molecule has 1 heterocycles. The van der Waals surface area contributed by atoms with Crippen molar-refractivity contribution in [3.05, 3.63) is 18.2 Å². The first kappa shape index (κ1) is 16.6. The van der Waals surface area contributed by atoms with Crippen LogP contribution in [-0.4, -0.2) is 52.3 Å². The van der Waals surface area contributed by atoms with E-state index < -0.39 is 0 Å². The van der Waals surface area contributed by atoms with E-state index in [0.29, 0.717) is 0 Å². The Morgan fingerprint density at radius 2 is 1.35 bits per heavy atom. The van der Waals surface area contributed by atoms with Gasteiger partial charge in [0.05, 0.1) is 14.2 Å². The van der Waals surface area contributed by atoms with Crippen molar-refractivity contribution in [2.75, 3.05) is 52.3 Å². The minimum atomic E-state index is 0.846. The molecule has 0 spiro atoms. The van der Waals surface area contributed by atoms with Crippen LogP contribution in [0.4, 0.5) is 5.69 Å². The molecular weight excluding hydrogens is 252 g/mol. The second-order valence-electron chi connectivity index (χ2n) is 5.07. The average Bonchev–Trinajstić information content (AvgIpc) is 2.48. The number of nitrogens with zero attached hydrogens (tertiary/aromatic N) is 2. The van der Waals surface area contributed by atoms with E-state index in [2.05, 4.69) is 42.8 Å². The van der Waals surface area contributed by atoms with Gasteiger partial charge >= 0.3 is 0 Å². The number of methoxy groups -OCH3 is 2. The van der Waals surface area contributed by atoms with Crippen LogP contribution in [0, 0.1) is 0 Å². The number of rotatable bonds is 3. The van der Waals surface area contributed by atoms with E-state index in [0.717, 1.165) is 37.7 Å². The molecule has 4 heteroatoms. The van der Waals surface area contributed by atoms with Crippen LogP contribution in [-0.2, 0) is 0 Å². The van der Waals surface area contributed by atoms with E-state index in [9.17, 15) is 0 Å². The molecular formula is C16H28N2O2. The lowest BCUT2D eigenvalue weighted by Crippen LogP contribution is -2.44. The third kappa shape index (κ3) is 4.93. The quantitative estimate of drug-likeness (QED) is 0.850. The largest absolute Gasteiger partial charge is 0.497 e. The van der Waals surface area contributed by atoms with Crippen molar-refractivity contribution in [2.24, 2.45) is 0 Å². The third-order valence-corrected chi connectivity index (χ3v) is 3.20. The molecule has 0 aliphatic carbocycles. The number of hydrogen-bond acceptors (Lipinski definition) is 4. The third-order valence-electron chi connectivity index (χ3n) is 3.20. The Labute approximate surface area is 123 Å². The number of anilines is 1. The fraction of sp³-hybridized carbons (Fsp3) is 0.625. The number of benzene rings is 1. The zero-order valence-corrected chi connectivity index (χ0v) is 13.5. The molecule has 1 aliphatic heterocycles. The number of hydrogen-bond donors (Lipinski definition) is 0. The summed E-state index contributed by atoms with van der Waals surface area (Å²) in [5.74, 6) is 1.69. The van der Waals surface area contributed by atoms with Crippen LogP contribution >= 0.6 is 0 Å². The van der Waals surface area contributed by atoms with E-state index in [1.54, 1.807) is 14.2 Å². The number of piperazine rings is 1. The zero-order valence-electron chi connectivity index (χ0n) is 13.5. The SMILES string of the molecule is CCC.COc1cc(OC)cc(N2CCN(C)CC2)c1. The molecule has 0 atom stereocenters. The molecule has 1 aliphatic rings. The van der Waals surface area contributed by atoms with Crippen LogP contribution in [0.1, 0.15) is 20.3 Å². The van der Waals surface area contributed by atoms with Crippen LogP contribution in [0.25, 0.3) is 0 Å². The van der Waals surface area contributed by atoms with Gasteiger partial charge in [-0.05, 0) is 7.05 Å². The Hall–Kier alpha value is -1.42. The smallest absolute Gasteiger partial charge is 0.124 e. The van der Waals surface area contributed by atoms with E-state index in [-0.39, 0.29) is 0 Å². The summed E-state index contributed by atoms with van der Waals surface area (Å²) in [6, 6.07) is 6.03. The van der Waals surface area contributed by atoms with Crippen molar-refractivity contribution in [1.82, 2.24) is 4.90 Å². The molecule has 0 bridgehead atoms. The maximum absolute atomic E-state index is 5.29. The Kier molecular flexibility index (Phi) is 7.23. The summed E-state index contributed by atoms with van der Waals surface area (Å²) in [5, 5.41) is 0. The van der Waals surface area contributed by atoms with Crippen LogP contribution in [0.3, 0.4) is 0 Å². The number of likely N-dealkylation sites (N-methyl/N-ethyl adjacent to an activating group) is 1. The first-order chi connectivity index (χ1) is 9.64. The van der Waals surface area contributed by atoms with Crippen LogP contribution in [0.2, 0.25) is 0 Å². The topological polar surface area (TPSA) is 24.9 Å². The van der Waals surface area contributed by atoms with Gasteiger partial charge in [-0.1, -0.05) is 20.3 Å². The zero-order chi connectivity index (χ0) is 15.0. The molecule has 20 heavy (non-hydrogen) atoms. The van der Waals surface area contributed by atoms with Crippen molar-refractivity contribution in [1.29, 1.82) is 0 Å². The molecule has 2 rings (SSSR count). The fourth-order valence-corrected chi connectivity index (χ4v) is 2.04. The van der Waals surface area contributed by atoms with Crippen molar-refractivity contribution in [3.63, 3.8) is 0 Å². The van der Waals surface area contributed by atoms with Gasteiger partial charge in [0.1, 0.15) is 11.5 Å². The van der Waals surface area contributed by atoms with E-state index in [1.165, 1.54) is 12.1 Å². The summed E-state index contributed by atoms with van der Waals surface area (Å²) in [6.07, 6.45) is 1.25. The highest BCUT2D eigenvalue weighted by Gasteiger charge is 2.15. The van der Waals surface area contributed by atoms with Gasteiger partial charge in [0.25, 0.3) is 0 Å². The highest BCUT2D eigenvalue weighted by Crippen LogP contribution is 2.28. The van der Waals surface area contributed by atoms with Gasteiger partial charge in [-0.25, -0.2) is 0 Å². The van der Waals surface area contributed by atoms with Gasteiger partial charge in [-0.15, -0.1) is 0 Å². The van der Waals surface area contributed by atoms with Gasteiger partial charge < -0.3 is 19.3 Å². The van der Waals surface area contributed by atoms with Crippen LogP contribution in [0.5, 0.6) is 11.5 Å². The first-order valence-corrected chi connectivity index (χ1v) is 7.31. The molecule has 0 N–H and O–H groups in total. The predicted octanol–water partition coefficient (Wildman–Crippen LogP) is 2.87. The highest BCUT2D eigenvalue weighted by molar-refractivity contribution is 5.56. The Bertz CT molecular complexity index is 366. The van der Waals surface area contributed by atoms with Gasteiger partial charge in [0.15, 0.2) is 0 Å². The summed E-state index contributed by atoms with van der Waals surface area (Å²) >= 11 is 0. The molecule has 1 saturated heterocycles. The molecule has 1 fully saturated rings. The Balaban J connectivity index is 0.000000612. The maximum atomic E-state index is 5.29. The lowest BCUT2D eigenvalue weighted by Gasteiger charge is -2.34. The Morgan fingerprint density at radius 1 is 0.900 bits per heavy atom. The van der Waals surface area contributed by atoms with Crippen molar-refractivity contribution in [2.45, 2.75) is 20.3 Å². The minimum Gasteiger partial charge on any atom is -0.497 e. The highest BCUT2D eigenvalue weighted by atomic mass is 16.5. The van der Waals surface area contributed by atoms with E-state index in [4.69, 9.17) is 9.47 Å². The summed E-state index contributed by atoms with van der Waals surface area (Å²) in [6.45, 7) is 8.54. The standard InChI is InChI=1S/C13H20N2O2.C3H8/c1-14-4-6-15(7-5-14)11-8-12(16-2)10-13(9-11)17-3;1-3-2/h8-10H,4-7H2,1-3H3;3H2,1-2H3. The molecule has 0 amide bonds.